The van der Waals surface area contributed by atoms with Gasteiger partial charge >= 0.3 is 0 Å². The molecule has 3 rings (SSSR count). The van der Waals surface area contributed by atoms with Gasteiger partial charge in [-0.25, -0.2) is 0 Å². The van der Waals surface area contributed by atoms with Crippen LogP contribution in [0.2, 0.25) is 5.02 Å². The third-order valence-electron chi connectivity index (χ3n) is 4.79. The number of carbonyl (C=O) groups is 1. The molecule has 5 nitrogen and oxygen atoms in total. The van der Waals surface area contributed by atoms with Crippen LogP contribution in [-0.2, 0) is 11.3 Å². The Kier molecular flexibility index (Phi) is 6.28. The predicted molar refractivity (Wildman–Crippen MR) is 116 cm³/mol. The summed E-state index contributed by atoms with van der Waals surface area (Å²) in [5.74, 6) is 0.415. The molecule has 0 unspecified atom stereocenters. The van der Waals surface area contributed by atoms with E-state index in [9.17, 15) is 4.79 Å². The van der Waals surface area contributed by atoms with Crippen LogP contribution in [0.4, 0.5) is 0 Å². The summed E-state index contributed by atoms with van der Waals surface area (Å²) < 4.78 is 7.77. The molecule has 0 bridgehead atoms. The highest BCUT2D eigenvalue weighted by atomic mass is 35.5. The van der Waals surface area contributed by atoms with Crippen molar-refractivity contribution >= 4 is 17.5 Å². The lowest BCUT2D eigenvalue weighted by molar-refractivity contribution is -0.134. The fourth-order valence-electron chi connectivity index (χ4n) is 3.27. The van der Waals surface area contributed by atoms with Gasteiger partial charge in [-0.15, -0.1) is 0 Å². The SMILES string of the molecule is Cc1nn(CCNC(=O)C(C)(C)Oc2ccc(Cl)cc2)c(C)c1-c1ccccc1. The highest BCUT2D eigenvalue weighted by Gasteiger charge is 2.29. The summed E-state index contributed by atoms with van der Waals surface area (Å²) in [5.41, 5.74) is 3.35. The van der Waals surface area contributed by atoms with E-state index >= 15 is 0 Å². The topological polar surface area (TPSA) is 56.2 Å². The first-order valence-electron chi connectivity index (χ1n) is 9.60. The average Bonchev–Trinajstić information content (AvgIpc) is 2.97. The maximum atomic E-state index is 12.6. The zero-order valence-electron chi connectivity index (χ0n) is 17.2. The molecular formula is C23H26ClN3O2. The smallest absolute Gasteiger partial charge is 0.263 e. The van der Waals surface area contributed by atoms with E-state index in [0.717, 1.165) is 22.5 Å². The average molecular weight is 412 g/mol. The molecule has 2 aromatic carbocycles. The summed E-state index contributed by atoms with van der Waals surface area (Å²) in [7, 11) is 0. The molecule has 0 saturated carbocycles. The van der Waals surface area contributed by atoms with Crippen LogP contribution in [0.15, 0.2) is 54.6 Å². The quantitative estimate of drug-likeness (QED) is 0.607. The number of carbonyl (C=O) groups excluding carboxylic acids is 1. The second-order valence-corrected chi connectivity index (χ2v) is 7.89. The molecule has 0 fully saturated rings. The number of ether oxygens (including phenoxy) is 1. The number of hydrogen-bond donors (Lipinski definition) is 1. The molecule has 1 heterocycles. The Labute approximate surface area is 176 Å². The molecule has 0 radical (unpaired) electrons. The number of nitrogens with one attached hydrogen (secondary N) is 1. The molecule has 6 heteroatoms. The van der Waals surface area contributed by atoms with Gasteiger partial charge in [0.1, 0.15) is 5.75 Å². The minimum Gasteiger partial charge on any atom is -0.478 e. The highest BCUT2D eigenvalue weighted by molar-refractivity contribution is 6.30. The van der Waals surface area contributed by atoms with Gasteiger partial charge in [-0.2, -0.15) is 5.10 Å². The minimum atomic E-state index is -1.00. The maximum absolute atomic E-state index is 12.6. The number of aryl methyl sites for hydroxylation is 1. The van der Waals surface area contributed by atoms with Gasteiger partial charge in [0.05, 0.1) is 12.2 Å². The largest absolute Gasteiger partial charge is 0.478 e. The number of aromatic nitrogens is 2. The van der Waals surface area contributed by atoms with Gasteiger partial charge in [0.2, 0.25) is 0 Å². The van der Waals surface area contributed by atoms with Crippen molar-refractivity contribution < 1.29 is 9.53 Å². The monoisotopic (exact) mass is 411 g/mol. The van der Waals surface area contributed by atoms with Crippen molar-refractivity contribution in [2.24, 2.45) is 0 Å². The molecule has 1 N–H and O–H groups in total. The van der Waals surface area contributed by atoms with E-state index in [1.165, 1.54) is 0 Å². The maximum Gasteiger partial charge on any atom is 0.263 e. The van der Waals surface area contributed by atoms with E-state index in [0.29, 0.717) is 23.9 Å². The summed E-state index contributed by atoms with van der Waals surface area (Å²) >= 11 is 5.89. The van der Waals surface area contributed by atoms with Crippen LogP contribution in [0.5, 0.6) is 5.75 Å². The molecule has 29 heavy (non-hydrogen) atoms. The molecule has 3 aromatic rings. The first-order valence-corrected chi connectivity index (χ1v) is 9.98. The Balaban J connectivity index is 1.61. The third-order valence-corrected chi connectivity index (χ3v) is 5.04. The normalized spacial score (nSPS) is 11.3. The summed E-state index contributed by atoms with van der Waals surface area (Å²) in [6, 6.07) is 17.2. The van der Waals surface area contributed by atoms with E-state index in [1.54, 1.807) is 38.1 Å². The van der Waals surface area contributed by atoms with E-state index < -0.39 is 5.60 Å². The lowest BCUT2D eigenvalue weighted by atomic mass is 10.0. The van der Waals surface area contributed by atoms with Crippen molar-refractivity contribution in [1.82, 2.24) is 15.1 Å². The Hall–Kier alpha value is -2.79. The van der Waals surface area contributed by atoms with Gasteiger partial charge in [0.25, 0.3) is 5.91 Å². The molecule has 1 amide bonds. The number of rotatable bonds is 7. The zero-order chi connectivity index (χ0) is 21.0. The molecule has 1 aromatic heterocycles. The predicted octanol–water partition coefficient (Wildman–Crippen LogP) is 4.79. The summed E-state index contributed by atoms with van der Waals surface area (Å²) in [5, 5.41) is 8.22. The van der Waals surface area contributed by atoms with Crippen molar-refractivity contribution in [3.05, 3.63) is 71.0 Å². The molecule has 0 aliphatic carbocycles. The van der Waals surface area contributed by atoms with Crippen LogP contribution in [-0.4, -0.2) is 27.8 Å². The number of halogens is 1. The fraction of sp³-hybridized carbons (Fsp3) is 0.304. The van der Waals surface area contributed by atoms with E-state index in [-0.39, 0.29) is 5.91 Å². The van der Waals surface area contributed by atoms with Gasteiger partial charge in [-0.3, -0.25) is 9.48 Å². The lowest BCUT2D eigenvalue weighted by Crippen LogP contribution is -2.47. The molecule has 0 spiro atoms. The standard InChI is InChI=1S/C23H26ClN3O2/c1-16-21(18-8-6-5-7-9-18)17(2)27(26-16)15-14-25-22(28)23(3,4)29-20-12-10-19(24)11-13-20/h5-13H,14-15H2,1-4H3,(H,25,28). The van der Waals surface area contributed by atoms with Crippen LogP contribution >= 0.6 is 11.6 Å². The van der Waals surface area contributed by atoms with E-state index in [1.807, 2.05) is 29.8 Å². The van der Waals surface area contributed by atoms with Crippen LogP contribution in [0.25, 0.3) is 11.1 Å². The van der Waals surface area contributed by atoms with Gasteiger partial charge in [0.15, 0.2) is 5.60 Å². The zero-order valence-corrected chi connectivity index (χ0v) is 18.0. The van der Waals surface area contributed by atoms with Crippen LogP contribution in [0, 0.1) is 13.8 Å². The van der Waals surface area contributed by atoms with Crippen LogP contribution < -0.4 is 10.1 Å². The molecule has 0 saturated heterocycles. The number of amides is 1. The molecule has 0 aliphatic rings. The van der Waals surface area contributed by atoms with Crippen molar-refractivity contribution in [1.29, 1.82) is 0 Å². The second-order valence-electron chi connectivity index (χ2n) is 7.46. The van der Waals surface area contributed by atoms with E-state index in [4.69, 9.17) is 16.3 Å². The van der Waals surface area contributed by atoms with Gasteiger partial charge in [-0.05, 0) is 57.5 Å². The summed E-state index contributed by atoms with van der Waals surface area (Å²) in [6.45, 7) is 8.59. The van der Waals surface area contributed by atoms with Crippen molar-refractivity contribution in [3.8, 4) is 16.9 Å². The molecular weight excluding hydrogens is 386 g/mol. The van der Waals surface area contributed by atoms with Crippen LogP contribution in [0.1, 0.15) is 25.2 Å². The number of nitrogens with zero attached hydrogens (tertiary/aromatic N) is 2. The van der Waals surface area contributed by atoms with Gasteiger partial charge in [0, 0.05) is 22.8 Å². The van der Waals surface area contributed by atoms with E-state index in [2.05, 4.69) is 29.5 Å². The Morgan fingerprint density at radius 3 is 2.41 bits per heavy atom. The number of hydrogen-bond acceptors (Lipinski definition) is 3. The lowest BCUT2D eigenvalue weighted by Gasteiger charge is -2.25. The summed E-state index contributed by atoms with van der Waals surface area (Å²) in [4.78, 5) is 12.6. The number of benzene rings is 2. The van der Waals surface area contributed by atoms with Crippen molar-refractivity contribution in [3.63, 3.8) is 0 Å². The van der Waals surface area contributed by atoms with Gasteiger partial charge in [-0.1, -0.05) is 41.9 Å². The van der Waals surface area contributed by atoms with Crippen molar-refractivity contribution in [2.75, 3.05) is 6.54 Å². The Morgan fingerprint density at radius 1 is 1.10 bits per heavy atom. The first kappa shape index (κ1) is 20.9. The van der Waals surface area contributed by atoms with Crippen LogP contribution in [0.3, 0.4) is 0 Å². The van der Waals surface area contributed by atoms with Crippen molar-refractivity contribution in [2.45, 2.75) is 39.8 Å². The summed E-state index contributed by atoms with van der Waals surface area (Å²) in [6.07, 6.45) is 0. The second kappa shape index (κ2) is 8.70. The van der Waals surface area contributed by atoms with Gasteiger partial charge < -0.3 is 10.1 Å². The highest BCUT2D eigenvalue weighted by Crippen LogP contribution is 2.26. The molecule has 0 atom stereocenters. The minimum absolute atomic E-state index is 0.183. The fourth-order valence-corrected chi connectivity index (χ4v) is 3.40. The first-order chi connectivity index (χ1) is 13.8. The molecule has 0 aliphatic heterocycles. The Bertz CT molecular complexity index is 979. The Morgan fingerprint density at radius 2 is 1.76 bits per heavy atom. The third kappa shape index (κ3) is 4.98. The molecule has 152 valence electrons.